The van der Waals surface area contributed by atoms with Gasteiger partial charge in [-0.05, 0) is 63.9 Å². The Morgan fingerprint density at radius 1 is 0.962 bits per heavy atom. The van der Waals surface area contributed by atoms with Gasteiger partial charge in [-0.1, -0.05) is 18.2 Å². The Bertz CT molecular complexity index is 857. The van der Waals surface area contributed by atoms with Crippen LogP contribution in [0.25, 0.3) is 0 Å². The number of halogens is 2. The van der Waals surface area contributed by atoms with Gasteiger partial charge in [-0.2, -0.15) is 0 Å². The second-order valence-corrected chi connectivity index (χ2v) is 7.10. The van der Waals surface area contributed by atoms with E-state index in [4.69, 9.17) is 0 Å². The quantitative estimate of drug-likeness (QED) is 0.818. The zero-order valence-corrected chi connectivity index (χ0v) is 15.5. The predicted molar refractivity (Wildman–Crippen MR) is 95.7 cm³/mol. The molecule has 0 aromatic heterocycles. The molecule has 0 bridgehead atoms. The van der Waals surface area contributed by atoms with Crippen LogP contribution in [0.3, 0.4) is 0 Å². The van der Waals surface area contributed by atoms with E-state index in [-0.39, 0.29) is 0 Å². The summed E-state index contributed by atoms with van der Waals surface area (Å²) in [7, 11) is 0. The summed E-state index contributed by atoms with van der Waals surface area (Å²) in [6.07, 6.45) is 0. The highest BCUT2D eigenvalue weighted by molar-refractivity contribution is 6.00. The van der Waals surface area contributed by atoms with E-state index in [2.05, 4.69) is 5.43 Å². The highest BCUT2D eigenvalue weighted by Gasteiger charge is 2.32. The van der Waals surface area contributed by atoms with Crippen LogP contribution in [0, 0.1) is 25.5 Å². The van der Waals surface area contributed by atoms with Crippen LogP contribution in [0.2, 0.25) is 0 Å². The molecule has 0 aliphatic carbocycles. The normalized spacial score (nSPS) is 11.2. The van der Waals surface area contributed by atoms with Gasteiger partial charge in [0.25, 0.3) is 11.8 Å². The molecule has 26 heavy (non-hydrogen) atoms. The zero-order valence-electron chi connectivity index (χ0n) is 15.5. The molecular weight excluding hydrogens is 338 g/mol. The van der Waals surface area contributed by atoms with Gasteiger partial charge in [0.05, 0.1) is 11.1 Å². The van der Waals surface area contributed by atoms with E-state index in [1.807, 2.05) is 13.0 Å². The van der Waals surface area contributed by atoms with Gasteiger partial charge in [0, 0.05) is 5.56 Å². The predicted octanol–water partition coefficient (Wildman–Crippen LogP) is 4.17. The standard InChI is InChI=1S/C20H22F2N2O2/c1-12-8-6-9-14(13(12)2)18(25)23-24(20(3,4)5)19(26)15-10-7-11-16(21)17(15)22/h6-11H,1-5H3,(H,23,25). The fraction of sp³-hybridized carbons (Fsp3) is 0.300. The average Bonchev–Trinajstić information content (AvgIpc) is 2.55. The molecule has 2 rings (SSSR count). The number of carbonyl (C=O) groups is 2. The molecule has 0 fully saturated rings. The van der Waals surface area contributed by atoms with E-state index in [1.165, 1.54) is 12.1 Å². The van der Waals surface area contributed by atoms with Crippen LogP contribution in [0.15, 0.2) is 36.4 Å². The van der Waals surface area contributed by atoms with Crippen molar-refractivity contribution in [1.29, 1.82) is 0 Å². The zero-order chi connectivity index (χ0) is 19.6. The number of benzene rings is 2. The summed E-state index contributed by atoms with van der Waals surface area (Å²) in [5.74, 6) is -3.68. The van der Waals surface area contributed by atoms with Crippen LogP contribution in [-0.2, 0) is 0 Å². The molecule has 2 amide bonds. The third-order valence-electron chi connectivity index (χ3n) is 4.12. The van der Waals surface area contributed by atoms with E-state index < -0.39 is 34.6 Å². The second kappa shape index (κ2) is 7.23. The summed E-state index contributed by atoms with van der Waals surface area (Å²) >= 11 is 0. The summed E-state index contributed by atoms with van der Waals surface area (Å²) in [5, 5.41) is 1.02. The first-order valence-electron chi connectivity index (χ1n) is 8.20. The van der Waals surface area contributed by atoms with E-state index in [0.717, 1.165) is 22.2 Å². The molecule has 0 atom stereocenters. The van der Waals surface area contributed by atoms with Crippen molar-refractivity contribution in [2.45, 2.75) is 40.2 Å². The van der Waals surface area contributed by atoms with Crippen molar-refractivity contribution < 1.29 is 18.4 Å². The highest BCUT2D eigenvalue weighted by atomic mass is 19.2. The first kappa shape index (κ1) is 19.6. The van der Waals surface area contributed by atoms with Crippen molar-refractivity contribution in [2.75, 3.05) is 0 Å². The number of hydrogen-bond acceptors (Lipinski definition) is 2. The van der Waals surface area contributed by atoms with Gasteiger partial charge in [-0.25, -0.2) is 13.8 Å². The maximum Gasteiger partial charge on any atom is 0.275 e. The number of nitrogens with one attached hydrogen (secondary N) is 1. The number of aryl methyl sites for hydroxylation is 1. The average molecular weight is 360 g/mol. The Balaban J connectivity index is 2.40. The molecule has 138 valence electrons. The van der Waals surface area contributed by atoms with Crippen molar-refractivity contribution >= 4 is 11.8 Å². The number of hydrogen-bond donors (Lipinski definition) is 1. The Hall–Kier alpha value is -2.76. The summed E-state index contributed by atoms with van der Waals surface area (Å²) in [5.41, 5.74) is 3.36. The van der Waals surface area contributed by atoms with Gasteiger partial charge in [-0.3, -0.25) is 15.0 Å². The molecule has 0 aliphatic heterocycles. The minimum absolute atomic E-state index is 0.409. The largest absolute Gasteiger partial charge is 0.275 e. The third kappa shape index (κ3) is 3.90. The van der Waals surface area contributed by atoms with Crippen molar-refractivity contribution in [1.82, 2.24) is 10.4 Å². The maximum absolute atomic E-state index is 14.0. The smallest absolute Gasteiger partial charge is 0.267 e. The summed E-state index contributed by atoms with van der Waals surface area (Å²) < 4.78 is 27.5. The molecule has 4 nitrogen and oxygen atoms in total. The van der Waals surface area contributed by atoms with E-state index in [0.29, 0.717) is 5.56 Å². The molecule has 0 aliphatic rings. The lowest BCUT2D eigenvalue weighted by Crippen LogP contribution is -2.56. The molecule has 0 saturated heterocycles. The maximum atomic E-state index is 14.0. The van der Waals surface area contributed by atoms with Gasteiger partial charge >= 0.3 is 0 Å². The topological polar surface area (TPSA) is 49.4 Å². The first-order chi connectivity index (χ1) is 12.0. The summed E-state index contributed by atoms with van der Waals surface area (Å²) in [4.78, 5) is 25.5. The van der Waals surface area contributed by atoms with Crippen LogP contribution in [0.4, 0.5) is 8.78 Å². The Morgan fingerprint density at radius 2 is 1.54 bits per heavy atom. The molecule has 0 spiro atoms. The van der Waals surface area contributed by atoms with Crippen molar-refractivity contribution in [2.24, 2.45) is 0 Å². The lowest BCUT2D eigenvalue weighted by atomic mass is 10.0. The number of nitrogens with zero attached hydrogens (tertiary/aromatic N) is 1. The molecular formula is C20H22F2N2O2. The van der Waals surface area contributed by atoms with Gasteiger partial charge in [0.15, 0.2) is 11.6 Å². The van der Waals surface area contributed by atoms with Gasteiger partial charge in [0.2, 0.25) is 0 Å². The van der Waals surface area contributed by atoms with E-state index in [1.54, 1.807) is 39.8 Å². The monoisotopic (exact) mass is 360 g/mol. The molecule has 0 heterocycles. The highest BCUT2D eigenvalue weighted by Crippen LogP contribution is 2.20. The molecule has 0 saturated carbocycles. The van der Waals surface area contributed by atoms with Crippen LogP contribution in [0.1, 0.15) is 52.6 Å². The minimum atomic E-state index is -1.24. The summed E-state index contributed by atoms with van der Waals surface area (Å²) in [6, 6.07) is 8.63. The summed E-state index contributed by atoms with van der Waals surface area (Å²) in [6.45, 7) is 8.74. The fourth-order valence-corrected chi connectivity index (χ4v) is 2.47. The second-order valence-electron chi connectivity index (χ2n) is 7.10. The van der Waals surface area contributed by atoms with Crippen LogP contribution in [0.5, 0.6) is 0 Å². The molecule has 2 aromatic rings. The fourth-order valence-electron chi connectivity index (χ4n) is 2.47. The number of carbonyl (C=O) groups excluding carboxylic acids is 2. The number of hydrazine groups is 1. The third-order valence-corrected chi connectivity index (χ3v) is 4.12. The minimum Gasteiger partial charge on any atom is -0.267 e. The lowest BCUT2D eigenvalue weighted by Gasteiger charge is -2.35. The molecule has 1 N–H and O–H groups in total. The van der Waals surface area contributed by atoms with Crippen molar-refractivity contribution in [3.05, 3.63) is 70.3 Å². The molecule has 2 aromatic carbocycles. The first-order valence-corrected chi connectivity index (χ1v) is 8.20. The van der Waals surface area contributed by atoms with Gasteiger partial charge in [-0.15, -0.1) is 0 Å². The van der Waals surface area contributed by atoms with Gasteiger partial charge in [0.1, 0.15) is 0 Å². The Morgan fingerprint density at radius 3 is 2.15 bits per heavy atom. The number of rotatable bonds is 2. The van der Waals surface area contributed by atoms with Crippen LogP contribution < -0.4 is 5.43 Å². The van der Waals surface area contributed by atoms with Crippen molar-refractivity contribution in [3.63, 3.8) is 0 Å². The molecule has 0 radical (unpaired) electrons. The van der Waals surface area contributed by atoms with E-state index >= 15 is 0 Å². The van der Waals surface area contributed by atoms with Gasteiger partial charge < -0.3 is 0 Å². The molecule has 0 unspecified atom stereocenters. The van der Waals surface area contributed by atoms with Crippen LogP contribution >= 0.6 is 0 Å². The lowest BCUT2D eigenvalue weighted by molar-refractivity contribution is 0.0353. The molecule has 6 heteroatoms. The SMILES string of the molecule is Cc1cccc(C(=O)NN(C(=O)c2cccc(F)c2F)C(C)(C)C)c1C. The Labute approximate surface area is 151 Å². The number of amides is 2. The van der Waals surface area contributed by atoms with E-state index in [9.17, 15) is 18.4 Å². The Kier molecular flexibility index (Phi) is 5.44. The van der Waals surface area contributed by atoms with Crippen molar-refractivity contribution in [3.8, 4) is 0 Å². The van der Waals surface area contributed by atoms with Crippen LogP contribution in [-0.4, -0.2) is 22.4 Å².